The summed E-state index contributed by atoms with van der Waals surface area (Å²) in [5.74, 6) is 0.641. The van der Waals surface area contributed by atoms with E-state index in [0.717, 1.165) is 21.9 Å². The summed E-state index contributed by atoms with van der Waals surface area (Å²) in [4.78, 5) is 3.82. The van der Waals surface area contributed by atoms with Crippen molar-refractivity contribution in [2.24, 2.45) is 11.7 Å². The van der Waals surface area contributed by atoms with Crippen molar-refractivity contribution >= 4 is 51.3 Å². The molecule has 1 fully saturated rings. The molecule has 0 spiro atoms. The van der Waals surface area contributed by atoms with Crippen LogP contribution in [0.3, 0.4) is 0 Å². The van der Waals surface area contributed by atoms with E-state index in [0.29, 0.717) is 12.0 Å². The van der Waals surface area contributed by atoms with Crippen LogP contribution in [0.2, 0.25) is 4.34 Å². The van der Waals surface area contributed by atoms with Gasteiger partial charge in [0.25, 0.3) is 0 Å². The molecule has 18 heavy (non-hydrogen) atoms. The van der Waals surface area contributed by atoms with Crippen molar-refractivity contribution in [3.8, 4) is 0 Å². The van der Waals surface area contributed by atoms with E-state index >= 15 is 0 Å². The maximum atomic E-state index is 6.06. The number of thiophene rings is 1. The SMILES string of the molecule is CC(N)C1CCCN(Cc2cc(Br)c(Cl)s2)C1.Cl. The van der Waals surface area contributed by atoms with Crippen LogP contribution in [0.1, 0.15) is 24.6 Å². The Morgan fingerprint density at radius 1 is 1.67 bits per heavy atom. The van der Waals surface area contributed by atoms with Crippen molar-refractivity contribution < 1.29 is 0 Å². The summed E-state index contributed by atoms with van der Waals surface area (Å²) in [6.07, 6.45) is 2.52. The zero-order valence-electron chi connectivity index (χ0n) is 10.4. The molecule has 1 aliphatic rings. The van der Waals surface area contributed by atoms with Crippen molar-refractivity contribution in [1.29, 1.82) is 0 Å². The van der Waals surface area contributed by atoms with Crippen LogP contribution in [0, 0.1) is 5.92 Å². The first-order chi connectivity index (χ1) is 8.06. The van der Waals surface area contributed by atoms with Gasteiger partial charge in [-0.3, -0.25) is 4.90 Å². The lowest BCUT2D eigenvalue weighted by atomic mass is 9.92. The fourth-order valence-electron chi connectivity index (χ4n) is 2.35. The van der Waals surface area contributed by atoms with Crippen molar-refractivity contribution in [2.45, 2.75) is 32.4 Å². The molecule has 6 heteroatoms. The molecule has 0 saturated carbocycles. The average molecular weight is 374 g/mol. The van der Waals surface area contributed by atoms with Gasteiger partial charge in [0.15, 0.2) is 0 Å². The predicted molar refractivity (Wildman–Crippen MR) is 85.9 cm³/mol. The predicted octanol–water partition coefficient (Wildman–Crippen LogP) is 4.15. The molecule has 2 rings (SSSR count). The molecule has 0 amide bonds. The first-order valence-corrected chi connectivity index (χ1v) is 7.96. The van der Waals surface area contributed by atoms with Crippen molar-refractivity contribution in [1.82, 2.24) is 4.90 Å². The quantitative estimate of drug-likeness (QED) is 0.862. The van der Waals surface area contributed by atoms with E-state index in [4.69, 9.17) is 17.3 Å². The minimum Gasteiger partial charge on any atom is -0.328 e. The van der Waals surface area contributed by atoms with Gasteiger partial charge in [-0.15, -0.1) is 23.7 Å². The van der Waals surface area contributed by atoms with Gasteiger partial charge in [-0.2, -0.15) is 0 Å². The summed E-state index contributed by atoms with van der Waals surface area (Å²) in [6, 6.07) is 2.43. The number of piperidine rings is 1. The summed E-state index contributed by atoms with van der Waals surface area (Å²) in [5.41, 5.74) is 6.00. The fourth-order valence-corrected chi connectivity index (χ4v) is 4.19. The highest BCUT2D eigenvalue weighted by atomic mass is 79.9. The monoisotopic (exact) mass is 372 g/mol. The molecule has 2 unspecified atom stereocenters. The highest BCUT2D eigenvalue weighted by Gasteiger charge is 2.23. The molecule has 2 N–H and O–H groups in total. The largest absolute Gasteiger partial charge is 0.328 e. The Hall–Kier alpha value is 0.680. The molecular weight excluding hydrogens is 355 g/mol. The maximum absolute atomic E-state index is 6.06. The van der Waals surface area contributed by atoms with Crippen LogP contribution >= 0.6 is 51.3 Å². The number of halogens is 3. The standard InChI is InChI=1S/C12H18BrClN2S.ClH/c1-8(15)9-3-2-4-16(6-9)7-10-5-11(13)12(14)17-10;/h5,8-9H,2-4,6-7,15H2,1H3;1H. The molecule has 2 nitrogen and oxygen atoms in total. The van der Waals surface area contributed by atoms with Crippen molar-refractivity contribution in [3.05, 3.63) is 19.8 Å². The molecule has 104 valence electrons. The molecule has 0 radical (unpaired) electrons. The van der Waals surface area contributed by atoms with Crippen LogP contribution < -0.4 is 5.73 Å². The van der Waals surface area contributed by atoms with E-state index < -0.39 is 0 Å². The molecular formula is C12H19BrCl2N2S. The molecule has 0 aromatic carbocycles. The van der Waals surface area contributed by atoms with Gasteiger partial charge in [-0.25, -0.2) is 0 Å². The summed E-state index contributed by atoms with van der Waals surface area (Å²) in [5, 5.41) is 0. The second-order valence-electron chi connectivity index (χ2n) is 4.83. The number of rotatable bonds is 3. The molecule has 0 bridgehead atoms. The third kappa shape index (κ3) is 4.36. The number of hydrogen-bond acceptors (Lipinski definition) is 3. The van der Waals surface area contributed by atoms with Crippen LogP contribution in [-0.4, -0.2) is 24.0 Å². The molecule has 1 aromatic heterocycles. The molecule has 1 saturated heterocycles. The third-order valence-electron chi connectivity index (χ3n) is 3.36. The topological polar surface area (TPSA) is 29.3 Å². The Kier molecular flexibility index (Phi) is 6.93. The molecule has 1 aliphatic heterocycles. The van der Waals surface area contributed by atoms with E-state index in [2.05, 4.69) is 33.8 Å². The Morgan fingerprint density at radius 3 is 2.94 bits per heavy atom. The van der Waals surface area contributed by atoms with Gasteiger partial charge < -0.3 is 5.73 Å². The lowest BCUT2D eigenvalue weighted by Gasteiger charge is -2.34. The summed E-state index contributed by atoms with van der Waals surface area (Å²) in [7, 11) is 0. The van der Waals surface area contributed by atoms with Gasteiger partial charge in [0.05, 0.1) is 0 Å². The van der Waals surface area contributed by atoms with Gasteiger partial charge in [0.2, 0.25) is 0 Å². The first kappa shape index (κ1) is 16.7. The van der Waals surface area contributed by atoms with Gasteiger partial charge >= 0.3 is 0 Å². The first-order valence-electron chi connectivity index (χ1n) is 5.98. The average Bonchev–Trinajstić information content (AvgIpc) is 2.58. The molecule has 2 heterocycles. The van der Waals surface area contributed by atoms with Gasteiger partial charge in [-0.1, -0.05) is 11.6 Å². The van der Waals surface area contributed by atoms with Crippen molar-refractivity contribution in [3.63, 3.8) is 0 Å². The molecule has 2 atom stereocenters. The van der Waals surface area contributed by atoms with E-state index in [-0.39, 0.29) is 12.4 Å². The van der Waals surface area contributed by atoms with E-state index in [1.54, 1.807) is 11.3 Å². The Bertz CT molecular complexity index is 365. The molecule has 1 aromatic rings. The van der Waals surface area contributed by atoms with Gasteiger partial charge in [-0.05, 0) is 54.2 Å². The normalized spacial score (nSPS) is 22.6. The van der Waals surface area contributed by atoms with Crippen LogP contribution in [-0.2, 0) is 6.54 Å². The zero-order valence-corrected chi connectivity index (χ0v) is 14.3. The number of nitrogens with zero attached hydrogens (tertiary/aromatic N) is 1. The lowest BCUT2D eigenvalue weighted by molar-refractivity contribution is 0.155. The fraction of sp³-hybridized carbons (Fsp3) is 0.667. The summed E-state index contributed by atoms with van der Waals surface area (Å²) < 4.78 is 1.86. The number of nitrogens with two attached hydrogens (primary N) is 1. The second kappa shape index (κ2) is 7.46. The van der Waals surface area contributed by atoms with Gasteiger partial charge in [0, 0.05) is 28.5 Å². The van der Waals surface area contributed by atoms with Crippen LogP contribution in [0.4, 0.5) is 0 Å². The Morgan fingerprint density at radius 2 is 2.39 bits per heavy atom. The lowest BCUT2D eigenvalue weighted by Crippen LogP contribution is -2.41. The number of hydrogen-bond donors (Lipinski definition) is 1. The van der Waals surface area contributed by atoms with Crippen LogP contribution in [0.25, 0.3) is 0 Å². The van der Waals surface area contributed by atoms with Crippen LogP contribution in [0.5, 0.6) is 0 Å². The summed E-state index contributed by atoms with van der Waals surface area (Å²) in [6.45, 7) is 5.41. The Balaban J connectivity index is 0.00000162. The Labute approximate surface area is 132 Å². The third-order valence-corrected chi connectivity index (χ3v) is 5.82. The smallest absolute Gasteiger partial charge is 0.107 e. The second-order valence-corrected chi connectivity index (χ2v) is 7.42. The minimum atomic E-state index is 0. The highest BCUT2D eigenvalue weighted by Crippen LogP contribution is 2.33. The maximum Gasteiger partial charge on any atom is 0.107 e. The van der Waals surface area contributed by atoms with E-state index in [1.165, 1.54) is 24.3 Å². The van der Waals surface area contributed by atoms with Crippen LogP contribution in [0.15, 0.2) is 10.5 Å². The minimum absolute atomic E-state index is 0. The van der Waals surface area contributed by atoms with Gasteiger partial charge in [0.1, 0.15) is 4.34 Å². The molecule has 0 aliphatic carbocycles. The number of likely N-dealkylation sites (tertiary alicyclic amines) is 1. The zero-order chi connectivity index (χ0) is 12.4. The summed E-state index contributed by atoms with van der Waals surface area (Å²) >= 11 is 11.2. The van der Waals surface area contributed by atoms with Crippen molar-refractivity contribution in [2.75, 3.05) is 13.1 Å². The van der Waals surface area contributed by atoms with E-state index in [1.807, 2.05) is 0 Å². The van der Waals surface area contributed by atoms with E-state index in [9.17, 15) is 0 Å². The highest BCUT2D eigenvalue weighted by molar-refractivity contribution is 9.10.